The van der Waals surface area contributed by atoms with E-state index in [9.17, 15) is 20.2 Å². The molecule has 150 valence electrons. The third kappa shape index (κ3) is 4.94. The minimum Gasteiger partial charge on any atom is -0.271 e. The van der Waals surface area contributed by atoms with Crippen LogP contribution in [0.3, 0.4) is 0 Å². The van der Waals surface area contributed by atoms with Crippen molar-refractivity contribution in [3.8, 4) is 0 Å². The van der Waals surface area contributed by atoms with E-state index in [1.54, 1.807) is 0 Å². The maximum absolute atomic E-state index is 11.3. The number of rotatable bonds is 4. The summed E-state index contributed by atoms with van der Waals surface area (Å²) >= 11 is 0. The lowest BCUT2D eigenvalue weighted by molar-refractivity contribution is -0.393. The quantitative estimate of drug-likeness (QED) is 0.512. The Bertz CT molecular complexity index is 816. The zero-order valence-corrected chi connectivity index (χ0v) is 16.0. The molecule has 3 rings (SSSR count). The van der Waals surface area contributed by atoms with Gasteiger partial charge in [0.2, 0.25) is 0 Å². The van der Waals surface area contributed by atoms with Gasteiger partial charge in [0.15, 0.2) is 0 Å². The second-order valence-corrected chi connectivity index (χ2v) is 7.47. The number of nitro groups is 2. The maximum atomic E-state index is 11.3. The third-order valence-corrected chi connectivity index (χ3v) is 5.51. The fraction of sp³-hybridized carbons (Fsp3) is 0.550. The Kier molecular flexibility index (Phi) is 6.73. The first-order chi connectivity index (χ1) is 13.6. The average molecular weight is 386 g/mol. The molecule has 0 atom stereocenters. The first kappa shape index (κ1) is 20.0. The summed E-state index contributed by atoms with van der Waals surface area (Å²) in [5, 5.41) is 26.5. The number of hydrogen-bond donors (Lipinski definition) is 1. The average Bonchev–Trinajstić information content (AvgIpc) is 2.65. The second kappa shape index (κ2) is 9.43. The molecule has 0 unspecified atom stereocenters. The zero-order valence-electron chi connectivity index (χ0n) is 16.0. The fourth-order valence-electron chi connectivity index (χ4n) is 3.89. The number of nitrogens with zero attached hydrogens (tertiary/aromatic N) is 3. The Labute approximate surface area is 164 Å². The van der Waals surface area contributed by atoms with Crippen molar-refractivity contribution in [2.45, 2.75) is 70.6 Å². The molecule has 0 aromatic heterocycles. The molecule has 0 aliphatic heterocycles. The summed E-state index contributed by atoms with van der Waals surface area (Å²) in [5.41, 5.74) is 6.03. The van der Waals surface area contributed by atoms with E-state index in [0.29, 0.717) is 0 Å². The molecule has 1 N–H and O–H groups in total. The van der Waals surface area contributed by atoms with Crippen molar-refractivity contribution in [3.05, 3.63) is 49.6 Å². The normalized spacial score (nSPS) is 19.8. The molecule has 0 fully saturated rings. The van der Waals surface area contributed by atoms with Gasteiger partial charge in [0.05, 0.1) is 21.6 Å². The predicted molar refractivity (Wildman–Crippen MR) is 109 cm³/mol. The highest BCUT2D eigenvalue weighted by Crippen LogP contribution is 2.35. The molecule has 0 bridgehead atoms. The molecule has 0 heterocycles. The highest BCUT2D eigenvalue weighted by Gasteiger charge is 2.25. The Morgan fingerprint density at radius 2 is 1.50 bits per heavy atom. The monoisotopic (exact) mass is 386 g/mol. The van der Waals surface area contributed by atoms with E-state index in [4.69, 9.17) is 0 Å². The first-order valence-electron chi connectivity index (χ1n) is 10.0. The summed E-state index contributed by atoms with van der Waals surface area (Å²) < 4.78 is 0. The lowest BCUT2D eigenvalue weighted by Gasteiger charge is -2.27. The van der Waals surface area contributed by atoms with Gasteiger partial charge in [-0.1, -0.05) is 44.1 Å². The molecule has 2 aliphatic carbocycles. The van der Waals surface area contributed by atoms with E-state index in [0.717, 1.165) is 37.5 Å². The smallest absolute Gasteiger partial charge is 0.271 e. The summed E-state index contributed by atoms with van der Waals surface area (Å²) in [4.78, 5) is 20.8. The molecule has 0 saturated heterocycles. The maximum Gasteiger partial charge on any atom is 0.301 e. The van der Waals surface area contributed by atoms with Crippen molar-refractivity contribution in [3.63, 3.8) is 0 Å². The van der Waals surface area contributed by atoms with Gasteiger partial charge in [0.25, 0.3) is 5.69 Å². The van der Waals surface area contributed by atoms with E-state index in [2.05, 4.69) is 10.5 Å². The Morgan fingerprint density at radius 3 is 2.14 bits per heavy atom. The molecule has 0 spiro atoms. The summed E-state index contributed by atoms with van der Waals surface area (Å²) in [6.45, 7) is 0. The molecular formula is C20H26N4O4. The molecule has 28 heavy (non-hydrogen) atoms. The number of hydrogen-bond acceptors (Lipinski definition) is 6. The van der Waals surface area contributed by atoms with Gasteiger partial charge >= 0.3 is 5.69 Å². The number of hydrazone groups is 1. The van der Waals surface area contributed by atoms with Gasteiger partial charge in [-0.25, -0.2) is 0 Å². The molecule has 8 nitrogen and oxygen atoms in total. The van der Waals surface area contributed by atoms with Crippen LogP contribution in [0.2, 0.25) is 0 Å². The van der Waals surface area contributed by atoms with Crippen molar-refractivity contribution in [2.75, 3.05) is 5.43 Å². The van der Waals surface area contributed by atoms with Crippen LogP contribution in [-0.2, 0) is 0 Å². The molecule has 0 saturated carbocycles. The van der Waals surface area contributed by atoms with E-state index in [-0.39, 0.29) is 17.1 Å². The minimum absolute atomic E-state index is 0.172. The number of allylic oxidation sites excluding steroid dienone is 2. The molecule has 1 aromatic carbocycles. The van der Waals surface area contributed by atoms with Crippen molar-refractivity contribution >= 4 is 22.8 Å². The summed E-state index contributed by atoms with van der Waals surface area (Å²) in [7, 11) is 0. The highest BCUT2D eigenvalue weighted by molar-refractivity contribution is 6.09. The van der Waals surface area contributed by atoms with Gasteiger partial charge in [-0.05, 0) is 37.3 Å². The lowest BCUT2D eigenvalue weighted by atomic mass is 9.80. The van der Waals surface area contributed by atoms with E-state index in [1.165, 1.54) is 68.2 Å². The molecular weight excluding hydrogens is 360 g/mol. The van der Waals surface area contributed by atoms with Crippen LogP contribution in [0.5, 0.6) is 0 Å². The van der Waals surface area contributed by atoms with Gasteiger partial charge in [-0.3, -0.25) is 25.7 Å². The van der Waals surface area contributed by atoms with Gasteiger partial charge in [-0.2, -0.15) is 5.10 Å². The SMILES string of the molecule is O=[N+]([O-])c1ccc(N/N=C2/CC3=C2CCCCCCCCCC3)c([N+](=O)[O-])c1. The predicted octanol–water partition coefficient (Wildman–Crippen LogP) is 5.89. The molecule has 8 heteroatoms. The molecule has 0 radical (unpaired) electrons. The second-order valence-electron chi connectivity index (χ2n) is 7.47. The van der Waals surface area contributed by atoms with Crippen molar-refractivity contribution in [1.82, 2.24) is 0 Å². The lowest BCUT2D eigenvalue weighted by Crippen LogP contribution is -2.20. The van der Waals surface area contributed by atoms with Gasteiger partial charge in [-0.15, -0.1) is 0 Å². The number of anilines is 1. The van der Waals surface area contributed by atoms with Crippen LogP contribution in [0, 0.1) is 20.2 Å². The highest BCUT2D eigenvalue weighted by atomic mass is 16.6. The molecule has 1 aromatic rings. The fourth-order valence-corrected chi connectivity index (χ4v) is 3.89. The van der Waals surface area contributed by atoms with Crippen molar-refractivity contribution in [1.29, 1.82) is 0 Å². The third-order valence-electron chi connectivity index (χ3n) is 5.51. The summed E-state index contributed by atoms with van der Waals surface area (Å²) in [6, 6.07) is 3.55. The van der Waals surface area contributed by atoms with Crippen LogP contribution in [0.1, 0.15) is 70.6 Å². The number of nitro benzene ring substituents is 2. The first-order valence-corrected chi connectivity index (χ1v) is 10.0. The summed E-state index contributed by atoms with van der Waals surface area (Å²) in [6.07, 6.45) is 13.1. The number of benzene rings is 1. The molecule has 0 amide bonds. The zero-order chi connectivity index (χ0) is 19.9. The topological polar surface area (TPSA) is 111 Å². The minimum atomic E-state index is -0.642. The van der Waals surface area contributed by atoms with Crippen molar-refractivity contribution in [2.24, 2.45) is 5.10 Å². The molecule has 2 aliphatic rings. The van der Waals surface area contributed by atoms with Crippen LogP contribution in [0.25, 0.3) is 0 Å². The standard InChI is InChI=1S/C20H26N4O4/c25-23(26)16-11-12-18(20(14-16)24(27)28)21-22-19-13-15-9-7-5-3-1-2-4-6-8-10-17(15)19/h11-12,14,21H,1-10,13H2/b22-19-. The van der Waals surface area contributed by atoms with Gasteiger partial charge in [0.1, 0.15) is 5.69 Å². The van der Waals surface area contributed by atoms with E-state index >= 15 is 0 Å². The Balaban J connectivity index is 1.73. The Morgan fingerprint density at radius 1 is 0.857 bits per heavy atom. The van der Waals surface area contributed by atoms with Crippen molar-refractivity contribution < 1.29 is 9.85 Å². The van der Waals surface area contributed by atoms with Gasteiger partial charge < -0.3 is 0 Å². The number of non-ortho nitro benzene ring substituents is 1. The van der Waals surface area contributed by atoms with Crippen LogP contribution in [0.15, 0.2) is 34.4 Å². The largest absolute Gasteiger partial charge is 0.301 e. The van der Waals surface area contributed by atoms with E-state index in [1.807, 2.05) is 0 Å². The van der Waals surface area contributed by atoms with E-state index < -0.39 is 9.85 Å². The van der Waals surface area contributed by atoms with Crippen LogP contribution in [0.4, 0.5) is 17.1 Å². The van der Waals surface area contributed by atoms with Gasteiger partial charge in [0, 0.05) is 12.5 Å². The number of nitrogens with one attached hydrogen (secondary N) is 1. The Hall–Kier alpha value is -2.77. The van der Waals surface area contributed by atoms with Crippen LogP contribution >= 0.6 is 0 Å². The van der Waals surface area contributed by atoms with Crippen LogP contribution in [-0.4, -0.2) is 15.6 Å². The van der Waals surface area contributed by atoms with Crippen LogP contribution < -0.4 is 5.43 Å². The summed E-state index contributed by atoms with van der Waals surface area (Å²) in [5.74, 6) is 0.